The second kappa shape index (κ2) is 4.52. The van der Waals surface area contributed by atoms with E-state index in [1.807, 2.05) is 0 Å². The number of furan rings is 1. The van der Waals surface area contributed by atoms with Crippen LogP contribution < -0.4 is 10.5 Å². The molecule has 0 spiro atoms. The normalized spacial score (nSPS) is 11.7. The minimum Gasteiger partial charge on any atom is -0.438 e. The molecule has 0 radical (unpaired) electrons. The maximum atomic E-state index is 12.0. The van der Waals surface area contributed by atoms with E-state index in [2.05, 4.69) is 9.82 Å². The van der Waals surface area contributed by atoms with E-state index in [0.717, 1.165) is 4.68 Å². The highest BCUT2D eigenvalue weighted by Gasteiger charge is 2.22. The lowest BCUT2D eigenvalue weighted by molar-refractivity contribution is 0.0914. The van der Waals surface area contributed by atoms with Crippen molar-refractivity contribution < 1.29 is 17.6 Å². The van der Waals surface area contributed by atoms with E-state index in [0.29, 0.717) is 5.69 Å². The van der Waals surface area contributed by atoms with Crippen molar-refractivity contribution in [2.45, 2.75) is 12.0 Å². The van der Waals surface area contributed by atoms with Crippen molar-refractivity contribution in [1.82, 2.24) is 14.5 Å². The average molecular weight is 284 g/mol. The second-order valence-corrected chi connectivity index (χ2v) is 5.57. The number of carbonyl (C=O) groups is 1. The SMILES string of the molecule is CNS(=O)(=O)c1ccc(C(=O)n2nc(C)cc2N)o1. The largest absolute Gasteiger partial charge is 0.438 e. The van der Waals surface area contributed by atoms with Crippen molar-refractivity contribution >= 4 is 21.7 Å². The molecule has 0 aromatic carbocycles. The molecule has 19 heavy (non-hydrogen) atoms. The molecule has 8 nitrogen and oxygen atoms in total. The Morgan fingerprint density at radius 2 is 2.16 bits per heavy atom. The fraction of sp³-hybridized carbons (Fsp3) is 0.200. The van der Waals surface area contributed by atoms with Gasteiger partial charge in [0, 0.05) is 6.07 Å². The third kappa shape index (κ3) is 2.37. The van der Waals surface area contributed by atoms with Crippen LogP contribution in [0, 0.1) is 6.92 Å². The molecule has 0 aliphatic carbocycles. The Morgan fingerprint density at radius 3 is 2.68 bits per heavy atom. The quantitative estimate of drug-likeness (QED) is 0.816. The van der Waals surface area contributed by atoms with Crippen LogP contribution in [0.1, 0.15) is 16.2 Å². The Hall–Kier alpha value is -2.13. The van der Waals surface area contributed by atoms with Gasteiger partial charge in [-0.1, -0.05) is 0 Å². The number of sulfonamides is 1. The number of nitrogens with one attached hydrogen (secondary N) is 1. The van der Waals surface area contributed by atoms with Crippen LogP contribution in [0.25, 0.3) is 0 Å². The number of anilines is 1. The highest BCUT2D eigenvalue weighted by molar-refractivity contribution is 7.89. The lowest BCUT2D eigenvalue weighted by Crippen LogP contribution is -2.18. The van der Waals surface area contributed by atoms with Crippen LogP contribution in [0.3, 0.4) is 0 Å². The van der Waals surface area contributed by atoms with Crippen molar-refractivity contribution in [3.63, 3.8) is 0 Å². The van der Waals surface area contributed by atoms with Gasteiger partial charge >= 0.3 is 5.91 Å². The van der Waals surface area contributed by atoms with Gasteiger partial charge in [0.1, 0.15) is 5.82 Å². The minimum atomic E-state index is -3.73. The molecule has 0 saturated carbocycles. The summed E-state index contributed by atoms with van der Waals surface area (Å²) in [6, 6.07) is 3.96. The first-order valence-corrected chi connectivity index (χ1v) is 6.73. The van der Waals surface area contributed by atoms with E-state index < -0.39 is 15.9 Å². The predicted molar refractivity (Wildman–Crippen MR) is 66.1 cm³/mol. The summed E-state index contributed by atoms with van der Waals surface area (Å²) < 4.78 is 31.0. The second-order valence-electron chi connectivity index (χ2n) is 3.75. The van der Waals surface area contributed by atoms with Crippen LogP contribution >= 0.6 is 0 Å². The summed E-state index contributed by atoms with van der Waals surface area (Å²) in [5.41, 5.74) is 6.18. The molecule has 0 bridgehead atoms. The maximum absolute atomic E-state index is 12.0. The van der Waals surface area contributed by atoms with Gasteiger partial charge in [0.05, 0.1) is 5.69 Å². The van der Waals surface area contributed by atoms with E-state index in [9.17, 15) is 13.2 Å². The Bertz CT molecular complexity index is 729. The van der Waals surface area contributed by atoms with E-state index in [1.165, 1.54) is 25.2 Å². The summed E-state index contributed by atoms with van der Waals surface area (Å²) in [5, 5.41) is 3.55. The van der Waals surface area contributed by atoms with Gasteiger partial charge in [-0.2, -0.15) is 9.78 Å². The van der Waals surface area contributed by atoms with Crippen LogP contribution in [-0.4, -0.2) is 31.2 Å². The Morgan fingerprint density at radius 1 is 1.47 bits per heavy atom. The molecular weight excluding hydrogens is 272 g/mol. The number of aryl methyl sites for hydroxylation is 1. The number of nitrogen functional groups attached to an aromatic ring is 1. The summed E-state index contributed by atoms with van der Waals surface area (Å²) in [6.07, 6.45) is 0. The monoisotopic (exact) mass is 284 g/mol. The summed E-state index contributed by atoms with van der Waals surface area (Å²) in [6.45, 7) is 1.68. The van der Waals surface area contributed by atoms with Crippen molar-refractivity contribution in [1.29, 1.82) is 0 Å². The fourth-order valence-corrected chi connectivity index (χ4v) is 2.11. The maximum Gasteiger partial charge on any atom is 0.315 e. The number of aromatic nitrogens is 2. The molecule has 0 unspecified atom stereocenters. The number of nitrogens with zero attached hydrogens (tertiary/aromatic N) is 2. The molecule has 0 fully saturated rings. The molecule has 0 atom stereocenters. The Labute approximate surface area is 109 Å². The third-order valence-corrected chi connectivity index (χ3v) is 3.66. The number of nitrogens with two attached hydrogens (primary N) is 1. The molecule has 3 N–H and O–H groups in total. The van der Waals surface area contributed by atoms with Crippen LogP contribution in [-0.2, 0) is 10.0 Å². The van der Waals surface area contributed by atoms with Gasteiger partial charge in [-0.15, -0.1) is 0 Å². The van der Waals surface area contributed by atoms with Crippen molar-refractivity contribution in [3.8, 4) is 0 Å². The summed E-state index contributed by atoms with van der Waals surface area (Å²) >= 11 is 0. The molecule has 102 valence electrons. The Balaban J connectivity index is 2.39. The highest BCUT2D eigenvalue weighted by atomic mass is 32.2. The highest BCUT2D eigenvalue weighted by Crippen LogP contribution is 2.16. The lowest BCUT2D eigenvalue weighted by atomic mass is 10.4. The summed E-state index contributed by atoms with van der Waals surface area (Å²) in [7, 11) is -2.48. The number of hydrogen-bond acceptors (Lipinski definition) is 6. The van der Waals surface area contributed by atoms with Gasteiger partial charge in [-0.05, 0) is 26.1 Å². The van der Waals surface area contributed by atoms with Gasteiger partial charge in [-0.25, -0.2) is 13.1 Å². The molecule has 2 aromatic rings. The number of rotatable bonds is 3. The minimum absolute atomic E-state index is 0.150. The van der Waals surface area contributed by atoms with Gasteiger partial charge in [-0.3, -0.25) is 4.79 Å². The first-order chi connectivity index (χ1) is 8.85. The molecule has 0 saturated heterocycles. The fourth-order valence-electron chi connectivity index (χ4n) is 1.47. The molecule has 9 heteroatoms. The summed E-state index contributed by atoms with van der Waals surface area (Å²) in [4.78, 5) is 12.0. The van der Waals surface area contributed by atoms with Crippen LogP contribution in [0.2, 0.25) is 0 Å². The zero-order valence-electron chi connectivity index (χ0n) is 10.2. The smallest absolute Gasteiger partial charge is 0.315 e. The van der Waals surface area contributed by atoms with Crippen LogP contribution in [0.4, 0.5) is 5.82 Å². The standard InChI is InChI=1S/C10H12N4O4S/c1-6-5-8(11)14(13-6)10(15)7-3-4-9(18-7)19(16,17)12-2/h3-5,12H,11H2,1-2H3. The van der Waals surface area contributed by atoms with Gasteiger partial charge in [0.2, 0.25) is 5.09 Å². The predicted octanol–water partition coefficient (Wildman–Crippen LogP) is -0.0367. The zero-order chi connectivity index (χ0) is 14.2. The number of carbonyl (C=O) groups excluding carboxylic acids is 1. The molecule has 0 aliphatic heterocycles. The summed E-state index contributed by atoms with van der Waals surface area (Å²) in [5.74, 6) is -0.649. The zero-order valence-corrected chi connectivity index (χ0v) is 11.1. The van der Waals surface area contributed by atoms with E-state index in [4.69, 9.17) is 10.2 Å². The number of hydrogen-bond donors (Lipinski definition) is 2. The Kier molecular flexibility index (Phi) is 3.16. The molecule has 2 heterocycles. The van der Waals surface area contributed by atoms with Crippen molar-refractivity contribution in [2.24, 2.45) is 0 Å². The lowest BCUT2D eigenvalue weighted by Gasteiger charge is -2.00. The van der Waals surface area contributed by atoms with Crippen molar-refractivity contribution in [2.75, 3.05) is 12.8 Å². The van der Waals surface area contributed by atoms with Gasteiger partial charge < -0.3 is 10.2 Å². The first-order valence-electron chi connectivity index (χ1n) is 5.25. The van der Waals surface area contributed by atoms with E-state index >= 15 is 0 Å². The molecule has 0 amide bonds. The molecular formula is C10H12N4O4S. The van der Waals surface area contributed by atoms with E-state index in [-0.39, 0.29) is 16.7 Å². The van der Waals surface area contributed by atoms with Crippen LogP contribution in [0.15, 0.2) is 27.7 Å². The average Bonchev–Trinajstić information content (AvgIpc) is 2.95. The molecule has 2 rings (SSSR count). The molecule has 0 aliphatic rings. The first kappa shape index (κ1) is 13.3. The topological polar surface area (TPSA) is 120 Å². The van der Waals surface area contributed by atoms with Gasteiger partial charge in [0.25, 0.3) is 10.0 Å². The van der Waals surface area contributed by atoms with E-state index in [1.54, 1.807) is 6.92 Å². The third-order valence-electron chi connectivity index (χ3n) is 2.38. The van der Waals surface area contributed by atoms with Gasteiger partial charge in [0.15, 0.2) is 5.76 Å². The van der Waals surface area contributed by atoms with Crippen LogP contribution in [0.5, 0.6) is 0 Å². The molecule has 2 aromatic heterocycles. The van der Waals surface area contributed by atoms with Crippen molar-refractivity contribution in [3.05, 3.63) is 29.7 Å².